The molecule has 0 saturated carbocycles. The average molecular weight is 246 g/mol. The highest BCUT2D eigenvalue weighted by Gasteiger charge is 2.17. The third-order valence-electron chi connectivity index (χ3n) is 2.48. The summed E-state index contributed by atoms with van der Waals surface area (Å²) in [5.41, 5.74) is 5.63. The number of aromatic nitrogens is 2. The summed E-state index contributed by atoms with van der Waals surface area (Å²) in [5.74, 6) is 0. The van der Waals surface area contributed by atoms with Gasteiger partial charge in [-0.25, -0.2) is 4.98 Å². The Kier molecular flexibility index (Phi) is 3.29. The summed E-state index contributed by atoms with van der Waals surface area (Å²) >= 11 is 1.74. The highest BCUT2D eigenvalue weighted by Crippen LogP contribution is 2.31. The van der Waals surface area contributed by atoms with E-state index in [1.54, 1.807) is 11.3 Å². The van der Waals surface area contributed by atoms with Crippen LogP contribution >= 0.6 is 11.3 Å². The standard InChI is InChI=1S/C14H18N2S/c1-10-5-11(8-15-7-10)13-12(17-9-16-13)6-14(2,3)4/h5,7-9H,6H2,1-4H3. The minimum atomic E-state index is 0.290. The molecule has 0 bridgehead atoms. The number of nitrogens with zero attached hydrogens (tertiary/aromatic N) is 2. The van der Waals surface area contributed by atoms with E-state index >= 15 is 0 Å². The molecular weight excluding hydrogens is 228 g/mol. The SMILES string of the molecule is Cc1cncc(-c2ncsc2CC(C)(C)C)c1. The number of pyridine rings is 1. The monoisotopic (exact) mass is 246 g/mol. The molecule has 0 aliphatic heterocycles. The topological polar surface area (TPSA) is 25.8 Å². The predicted molar refractivity (Wildman–Crippen MR) is 73.2 cm³/mol. The number of hydrogen-bond donors (Lipinski definition) is 0. The Morgan fingerprint density at radius 2 is 2.00 bits per heavy atom. The van der Waals surface area contributed by atoms with Crippen LogP contribution in [0.5, 0.6) is 0 Å². The summed E-state index contributed by atoms with van der Waals surface area (Å²) in [6.45, 7) is 8.83. The first-order chi connectivity index (χ1) is 7.96. The third-order valence-corrected chi connectivity index (χ3v) is 3.31. The molecule has 0 aliphatic carbocycles. The molecule has 0 saturated heterocycles. The van der Waals surface area contributed by atoms with E-state index in [4.69, 9.17) is 0 Å². The van der Waals surface area contributed by atoms with Crippen molar-refractivity contribution in [2.45, 2.75) is 34.1 Å². The number of aryl methyl sites for hydroxylation is 1. The zero-order chi connectivity index (χ0) is 12.5. The van der Waals surface area contributed by atoms with Crippen molar-refractivity contribution in [2.24, 2.45) is 5.41 Å². The van der Waals surface area contributed by atoms with Crippen LogP contribution in [0.4, 0.5) is 0 Å². The molecule has 0 radical (unpaired) electrons. The van der Waals surface area contributed by atoms with Crippen molar-refractivity contribution < 1.29 is 0 Å². The van der Waals surface area contributed by atoms with E-state index in [0.29, 0.717) is 5.41 Å². The second-order valence-electron chi connectivity index (χ2n) is 5.61. The van der Waals surface area contributed by atoms with Crippen LogP contribution in [0.2, 0.25) is 0 Å². The molecular formula is C14H18N2S. The van der Waals surface area contributed by atoms with Gasteiger partial charge in [0.2, 0.25) is 0 Å². The van der Waals surface area contributed by atoms with Gasteiger partial charge in [-0.15, -0.1) is 11.3 Å². The van der Waals surface area contributed by atoms with E-state index in [1.807, 2.05) is 17.9 Å². The summed E-state index contributed by atoms with van der Waals surface area (Å²) in [6.07, 6.45) is 4.83. The lowest BCUT2D eigenvalue weighted by Crippen LogP contribution is -2.08. The van der Waals surface area contributed by atoms with Crippen molar-refractivity contribution in [2.75, 3.05) is 0 Å². The quantitative estimate of drug-likeness (QED) is 0.797. The van der Waals surface area contributed by atoms with Gasteiger partial charge < -0.3 is 0 Å². The summed E-state index contributed by atoms with van der Waals surface area (Å²) in [6, 6.07) is 2.15. The van der Waals surface area contributed by atoms with Crippen LogP contribution in [0.25, 0.3) is 11.3 Å². The van der Waals surface area contributed by atoms with Crippen molar-refractivity contribution in [3.05, 3.63) is 34.4 Å². The molecule has 0 fully saturated rings. The van der Waals surface area contributed by atoms with E-state index < -0.39 is 0 Å². The van der Waals surface area contributed by atoms with Crippen molar-refractivity contribution in [1.82, 2.24) is 9.97 Å². The largest absolute Gasteiger partial charge is 0.264 e. The molecule has 2 aromatic heterocycles. The molecule has 0 unspecified atom stereocenters. The van der Waals surface area contributed by atoms with E-state index in [9.17, 15) is 0 Å². The van der Waals surface area contributed by atoms with Crippen molar-refractivity contribution >= 4 is 11.3 Å². The van der Waals surface area contributed by atoms with Crippen LogP contribution < -0.4 is 0 Å². The Labute approximate surface area is 107 Å². The Balaban J connectivity index is 2.37. The summed E-state index contributed by atoms with van der Waals surface area (Å²) in [7, 11) is 0. The maximum atomic E-state index is 4.49. The lowest BCUT2D eigenvalue weighted by atomic mass is 9.90. The molecule has 2 aromatic rings. The minimum Gasteiger partial charge on any atom is -0.264 e. The fraction of sp³-hybridized carbons (Fsp3) is 0.429. The first-order valence-corrected chi connectivity index (χ1v) is 6.68. The predicted octanol–water partition coefficient (Wildman–Crippen LogP) is 4.10. The molecule has 0 aliphatic rings. The fourth-order valence-corrected chi connectivity index (χ4v) is 2.88. The van der Waals surface area contributed by atoms with Gasteiger partial charge in [0, 0.05) is 22.8 Å². The van der Waals surface area contributed by atoms with Gasteiger partial charge in [-0.3, -0.25) is 4.98 Å². The maximum absolute atomic E-state index is 4.49. The molecule has 0 N–H and O–H groups in total. The zero-order valence-electron chi connectivity index (χ0n) is 10.8. The van der Waals surface area contributed by atoms with Crippen LogP contribution in [0.3, 0.4) is 0 Å². The van der Waals surface area contributed by atoms with Crippen LogP contribution in [-0.2, 0) is 6.42 Å². The van der Waals surface area contributed by atoms with E-state index in [1.165, 1.54) is 10.4 Å². The van der Waals surface area contributed by atoms with Crippen molar-refractivity contribution in [3.63, 3.8) is 0 Å². The molecule has 2 nitrogen and oxygen atoms in total. The highest BCUT2D eigenvalue weighted by molar-refractivity contribution is 7.10. The summed E-state index contributed by atoms with van der Waals surface area (Å²) in [5, 5.41) is 0. The van der Waals surface area contributed by atoms with Gasteiger partial charge in [-0.1, -0.05) is 20.8 Å². The molecule has 2 rings (SSSR count). The molecule has 0 amide bonds. The molecule has 17 heavy (non-hydrogen) atoms. The molecule has 2 heterocycles. The average Bonchev–Trinajstić information content (AvgIpc) is 2.63. The first-order valence-electron chi connectivity index (χ1n) is 5.80. The Morgan fingerprint density at radius 3 is 2.65 bits per heavy atom. The molecule has 3 heteroatoms. The Morgan fingerprint density at radius 1 is 1.24 bits per heavy atom. The summed E-state index contributed by atoms with van der Waals surface area (Å²) in [4.78, 5) is 10.1. The van der Waals surface area contributed by atoms with Crippen molar-refractivity contribution in [1.29, 1.82) is 0 Å². The van der Waals surface area contributed by atoms with Crippen LogP contribution in [0, 0.1) is 12.3 Å². The number of thiazole rings is 1. The Bertz CT molecular complexity index is 509. The third kappa shape index (κ3) is 3.13. The van der Waals surface area contributed by atoms with E-state index in [0.717, 1.165) is 17.7 Å². The van der Waals surface area contributed by atoms with E-state index in [2.05, 4.69) is 43.7 Å². The van der Waals surface area contributed by atoms with Gasteiger partial charge in [-0.2, -0.15) is 0 Å². The van der Waals surface area contributed by atoms with Crippen LogP contribution in [0.1, 0.15) is 31.2 Å². The van der Waals surface area contributed by atoms with Gasteiger partial charge >= 0.3 is 0 Å². The summed E-state index contributed by atoms with van der Waals surface area (Å²) < 4.78 is 0. The van der Waals surface area contributed by atoms with Crippen LogP contribution in [0.15, 0.2) is 24.0 Å². The smallest absolute Gasteiger partial charge is 0.0858 e. The molecule has 0 aromatic carbocycles. The minimum absolute atomic E-state index is 0.290. The van der Waals surface area contributed by atoms with Gasteiger partial charge in [0.25, 0.3) is 0 Å². The van der Waals surface area contributed by atoms with Gasteiger partial charge in [-0.05, 0) is 30.4 Å². The fourth-order valence-electron chi connectivity index (χ4n) is 1.80. The van der Waals surface area contributed by atoms with Gasteiger partial charge in [0.05, 0.1) is 11.2 Å². The van der Waals surface area contributed by atoms with Crippen molar-refractivity contribution in [3.8, 4) is 11.3 Å². The number of hydrogen-bond acceptors (Lipinski definition) is 3. The van der Waals surface area contributed by atoms with Crippen LogP contribution in [-0.4, -0.2) is 9.97 Å². The second-order valence-corrected chi connectivity index (χ2v) is 6.55. The molecule has 0 spiro atoms. The van der Waals surface area contributed by atoms with Gasteiger partial charge in [0.1, 0.15) is 0 Å². The lowest BCUT2D eigenvalue weighted by molar-refractivity contribution is 0.415. The number of rotatable bonds is 2. The highest BCUT2D eigenvalue weighted by atomic mass is 32.1. The van der Waals surface area contributed by atoms with E-state index in [-0.39, 0.29) is 0 Å². The molecule has 0 atom stereocenters. The first kappa shape index (κ1) is 12.2. The van der Waals surface area contributed by atoms with Gasteiger partial charge in [0.15, 0.2) is 0 Å². The zero-order valence-corrected chi connectivity index (χ0v) is 11.6. The molecule has 90 valence electrons. The maximum Gasteiger partial charge on any atom is 0.0858 e. The normalized spacial score (nSPS) is 11.8. The lowest BCUT2D eigenvalue weighted by Gasteiger charge is -2.17. The Hall–Kier alpha value is -1.22. The second kappa shape index (κ2) is 4.57.